The number of halogens is 2. The second kappa shape index (κ2) is 5.39. The molecular weight excluding hydrogens is 418 g/mol. The van der Waals surface area contributed by atoms with Crippen LogP contribution in [0.3, 0.4) is 0 Å². The number of sulfonamides is 1. The number of benzene rings is 1. The average molecular weight is 427 g/mol. The lowest BCUT2D eigenvalue weighted by Gasteiger charge is -2.08. The van der Waals surface area contributed by atoms with Crippen LogP contribution in [0.4, 0.5) is 10.8 Å². The summed E-state index contributed by atoms with van der Waals surface area (Å²) in [5.41, 5.74) is 6.36. The highest BCUT2D eigenvalue weighted by Gasteiger charge is 2.22. The number of thiazole rings is 1. The molecule has 0 atom stereocenters. The Hall–Kier alpha value is -0.640. The maximum Gasteiger partial charge on any atom is 0.273 e. The zero-order valence-corrected chi connectivity index (χ0v) is 14.5. The van der Waals surface area contributed by atoms with E-state index >= 15 is 0 Å². The molecule has 102 valence electrons. The summed E-state index contributed by atoms with van der Waals surface area (Å²) < 4.78 is 28.6. The molecule has 0 saturated heterocycles. The summed E-state index contributed by atoms with van der Waals surface area (Å²) in [5.74, 6) is 0. The number of hydrogen-bond donors (Lipinski definition) is 2. The number of hydrogen-bond acceptors (Lipinski definition) is 5. The van der Waals surface area contributed by atoms with Crippen molar-refractivity contribution >= 4 is 64.0 Å². The van der Waals surface area contributed by atoms with Crippen LogP contribution in [0.15, 0.2) is 31.4 Å². The van der Waals surface area contributed by atoms with Gasteiger partial charge in [-0.25, -0.2) is 13.4 Å². The van der Waals surface area contributed by atoms with Gasteiger partial charge in [0.2, 0.25) is 0 Å². The normalized spacial score (nSPS) is 11.5. The van der Waals surface area contributed by atoms with E-state index in [-0.39, 0.29) is 9.34 Å². The van der Waals surface area contributed by atoms with Crippen molar-refractivity contribution in [2.45, 2.75) is 11.1 Å². The highest BCUT2D eigenvalue weighted by atomic mass is 79.9. The summed E-state index contributed by atoms with van der Waals surface area (Å²) >= 11 is 7.55. The van der Waals surface area contributed by atoms with Gasteiger partial charge in [-0.05, 0) is 41.1 Å². The van der Waals surface area contributed by atoms with Crippen molar-refractivity contribution in [3.63, 3.8) is 0 Å². The van der Waals surface area contributed by atoms with E-state index in [2.05, 4.69) is 41.6 Å². The molecule has 2 aromatic rings. The summed E-state index contributed by atoms with van der Waals surface area (Å²) in [6.45, 7) is 1.61. The van der Waals surface area contributed by atoms with Gasteiger partial charge in [0.1, 0.15) is 0 Å². The number of nitrogens with two attached hydrogens (primary N) is 1. The molecule has 0 amide bonds. The largest absolute Gasteiger partial charge is 0.375 e. The minimum absolute atomic E-state index is 0.125. The zero-order chi connectivity index (χ0) is 14.2. The van der Waals surface area contributed by atoms with Crippen molar-refractivity contribution in [2.75, 3.05) is 10.5 Å². The Morgan fingerprint density at radius 1 is 1.37 bits per heavy atom. The Kier molecular flexibility index (Phi) is 4.19. The number of aryl methyl sites for hydroxylation is 1. The second-order valence-electron chi connectivity index (χ2n) is 3.65. The van der Waals surface area contributed by atoms with E-state index < -0.39 is 10.0 Å². The first-order valence-electron chi connectivity index (χ1n) is 5.00. The van der Waals surface area contributed by atoms with Gasteiger partial charge in [0, 0.05) is 8.95 Å². The Morgan fingerprint density at radius 2 is 2.05 bits per heavy atom. The van der Waals surface area contributed by atoms with Crippen molar-refractivity contribution in [3.8, 4) is 0 Å². The smallest absolute Gasteiger partial charge is 0.273 e. The fourth-order valence-corrected chi connectivity index (χ4v) is 5.07. The Bertz CT molecular complexity index is 728. The monoisotopic (exact) mass is 425 g/mol. The van der Waals surface area contributed by atoms with Gasteiger partial charge >= 0.3 is 0 Å². The molecule has 0 bridgehead atoms. The van der Waals surface area contributed by atoms with E-state index in [1.807, 2.05) is 0 Å². The third-order valence-corrected chi connectivity index (χ3v) is 6.30. The topological polar surface area (TPSA) is 85.1 Å². The number of anilines is 2. The first-order chi connectivity index (χ1) is 8.79. The van der Waals surface area contributed by atoms with Crippen molar-refractivity contribution in [1.29, 1.82) is 0 Å². The molecule has 9 heteroatoms. The summed E-state index contributed by atoms with van der Waals surface area (Å²) in [7, 11) is -3.68. The number of nitrogens with one attached hydrogen (secondary N) is 1. The maximum absolute atomic E-state index is 12.2. The van der Waals surface area contributed by atoms with Crippen LogP contribution in [0.2, 0.25) is 0 Å². The summed E-state index contributed by atoms with van der Waals surface area (Å²) in [5, 5.41) is 0.229. The lowest BCUT2D eigenvalue weighted by molar-refractivity contribution is 0.602. The van der Waals surface area contributed by atoms with Gasteiger partial charge in [-0.2, -0.15) is 0 Å². The molecule has 19 heavy (non-hydrogen) atoms. The molecule has 0 aliphatic rings. The number of nitrogen functional groups attached to an aromatic ring is 1. The van der Waals surface area contributed by atoms with Crippen LogP contribution < -0.4 is 10.5 Å². The van der Waals surface area contributed by atoms with Crippen LogP contribution in [0.25, 0.3) is 0 Å². The molecule has 0 spiro atoms. The van der Waals surface area contributed by atoms with Crippen molar-refractivity contribution < 1.29 is 8.42 Å². The summed E-state index contributed by atoms with van der Waals surface area (Å²) in [6.07, 6.45) is 0. The Balaban J connectivity index is 2.39. The van der Waals surface area contributed by atoms with Crippen LogP contribution >= 0.6 is 43.2 Å². The van der Waals surface area contributed by atoms with Gasteiger partial charge < -0.3 is 5.73 Å². The number of nitrogens with zero attached hydrogens (tertiary/aromatic N) is 1. The van der Waals surface area contributed by atoms with Crippen LogP contribution in [0.1, 0.15) is 5.69 Å². The van der Waals surface area contributed by atoms with E-state index in [4.69, 9.17) is 5.73 Å². The van der Waals surface area contributed by atoms with Crippen LogP contribution in [0, 0.1) is 6.92 Å². The van der Waals surface area contributed by atoms with Crippen LogP contribution in [0.5, 0.6) is 0 Å². The van der Waals surface area contributed by atoms with E-state index in [1.54, 1.807) is 25.1 Å². The molecule has 1 heterocycles. The third-order valence-electron chi connectivity index (χ3n) is 2.19. The van der Waals surface area contributed by atoms with Gasteiger partial charge in [0.25, 0.3) is 10.0 Å². The molecule has 0 radical (unpaired) electrons. The van der Waals surface area contributed by atoms with Crippen LogP contribution in [-0.4, -0.2) is 13.4 Å². The molecule has 5 nitrogen and oxygen atoms in total. The lowest BCUT2D eigenvalue weighted by Crippen LogP contribution is -2.13. The minimum Gasteiger partial charge on any atom is -0.375 e. The van der Waals surface area contributed by atoms with Crippen molar-refractivity contribution in [2.24, 2.45) is 0 Å². The van der Waals surface area contributed by atoms with Crippen LogP contribution in [-0.2, 0) is 10.0 Å². The fourth-order valence-electron chi connectivity index (χ4n) is 1.42. The van der Waals surface area contributed by atoms with Gasteiger partial charge in [-0.3, -0.25) is 4.72 Å². The van der Waals surface area contributed by atoms with Crippen molar-refractivity contribution in [3.05, 3.63) is 32.8 Å². The summed E-state index contributed by atoms with van der Waals surface area (Å²) in [4.78, 5) is 3.91. The highest BCUT2D eigenvalue weighted by molar-refractivity contribution is 9.11. The van der Waals surface area contributed by atoms with E-state index in [0.717, 1.165) is 15.8 Å². The predicted octanol–water partition coefficient (Wildman–Crippen LogP) is 3.36. The average Bonchev–Trinajstić information content (AvgIpc) is 2.63. The number of aromatic nitrogens is 1. The molecule has 0 aliphatic heterocycles. The standard InChI is InChI=1S/C10H9Br2N3O2S2/c1-5-9(18-10(13)14-5)19(16,17)15-8-3-2-6(11)4-7(8)12/h2-4,15H,1H3,(H2,13,14). The Morgan fingerprint density at radius 3 is 2.58 bits per heavy atom. The number of rotatable bonds is 3. The van der Waals surface area contributed by atoms with Crippen molar-refractivity contribution in [1.82, 2.24) is 4.98 Å². The predicted molar refractivity (Wildman–Crippen MR) is 83.9 cm³/mol. The van der Waals surface area contributed by atoms with Gasteiger partial charge in [-0.15, -0.1) is 0 Å². The molecule has 3 N–H and O–H groups in total. The van der Waals surface area contributed by atoms with E-state index in [9.17, 15) is 8.42 Å². The molecule has 0 unspecified atom stereocenters. The first-order valence-corrected chi connectivity index (χ1v) is 8.89. The molecular formula is C10H9Br2N3O2S2. The highest BCUT2D eigenvalue weighted by Crippen LogP contribution is 2.31. The molecule has 0 fully saturated rings. The lowest BCUT2D eigenvalue weighted by atomic mass is 10.3. The SMILES string of the molecule is Cc1nc(N)sc1S(=O)(=O)Nc1ccc(Br)cc1Br. The maximum atomic E-state index is 12.2. The van der Waals surface area contributed by atoms with Gasteiger partial charge in [0.15, 0.2) is 9.34 Å². The minimum atomic E-state index is -3.68. The molecule has 0 saturated carbocycles. The summed E-state index contributed by atoms with van der Waals surface area (Å²) in [6, 6.07) is 5.16. The van der Waals surface area contributed by atoms with Gasteiger partial charge in [0.05, 0.1) is 11.4 Å². The zero-order valence-electron chi connectivity index (χ0n) is 9.65. The van der Waals surface area contributed by atoms with E-state index in [1.165, 1.54) is 0 Å². The van der Waals surface area contributed by atoms with E-state index in [0.29, 0.717) is 15.9 Å². The Labute approximate surface area is 131 Å². The quantitative estimate of drug-likeness (QED) is 0.787. The molecule has 0 aliphatic carbocycles. The molecule has 1 aromatic heterocycles. The fraction of sp³-hybridized carbons (Fsp3) is 0.100. The molecule has 2 rings (SSSR count). The third kappa shape index (κ3) is 3.28. The first kappa shape index (κ1) is 14.8. The molecule has 1 aromatic carbocycles. The second-order valence-corrected chi connectivity index (χ2v) is 8.33. The van der Waals surface area contributed by atoms with Gasteiger partial charge in [-0.1, -0.05) is 27.3 Å².